The maximum absolute atomic E-state index is 11.4. The van der Waals surface area contributed by atoms with Crippen LogP contribution in [-0.2, 0) is 20.7 Å². The van der Waals surface area contributed by atoms with Gasteiger partial charge in [0.1, 0.15) is 0 Å². The molecule has 0 amide bonds. The van der Waals surface area contributed by atoms with Crippen LogP contribution in [-0.4, -0.2) is 21.3 Å². The third-order valence-electron chi connectivity index (χ3n) is 3.40. The second-order valence-electron chi connectivity index (χ2n) is 5.26. The predicted molar refractivity (Wildman–Crippen MR) is 100 cm³/mol. The van der Waals surface area contributed by atoms with Gasteiger partial charge in [-0.25, -0.2) is 0 Å². The molecule has 2 aromatic carbocycles. The highest BCUT2D eigenvalue weighted by atomic mass is 35.5. The van der Waals surface area contributed by atoms with Crippen molar-refractivity contribution in [1.29, 1.82) is 0 Å². The molecule has 1 atom stereocenters. The van der Waals surface area contributed by atoms with E-state index in [4.69, 9.17) is 50.6 Å². The molecule has 0 bridgehead atoms. The Labute approximate surface area is 161 Å². The van der Waals surface area contributed by atoms with E-state index in [1.165, 1.54) is 0 Å². The van der Waals surface area contributed by atoms with Crippen molar-refractivity contribution in [2.75, 3.05) is 12.9 Å². The maximum Gasteiger partial charge on any atom is 0.264 e. The highest BCUT2D eigenvalue weighted by Crippen LogP contribution is 2.34. The monoisotopic (exact) mass is 426 g/mol. The van der Waals surface area contributed by atoms with Crippen LogP contribution in [0, 0.1) is 0 Å². The molecule has 24 heavy (non-hydrogen) atoms. The maximum atomic E-state index is 11.4. The van der Waals surface area contributed by atoms with Crippen LogP contribution >= 0.6 is 46.4 Å². The van der Waals surface area contributed by atoms with E-state index < -0.39 is 10.1 Å². The largest absolute Gasteiger partial charge is 0.270 e. The van der Waals surface area contributed by atoms with Crippen LogP contribution in [0.4, 0.5) is 0 Å². The molecule has 0 saturated heterocycles. The van der Waals surface area contributed by atoms with Gasteiger partial charge >= 0.3 is 0 Å². The summed E-state index contributed by atoms with van der Waals surface area (Å²) < 4.78 is 27.7. The fourth-order valence-electron chi connectivity index (χ4n) is 2.27. The molecule has 0 aromatic heterocycles. The van der Waals surface area contributed by atoms with Crippen molar-refractivity contribution >= 4 is 56.5 Å². The van der Waals surface area contributed by atoms with Crippen molar-refractivity contribution in [2.24, 2.45) is 0 Å². The minimum atomic E-state index is -3.60. The Bertz CT molecular complexity index is 817. The first-order valence-corrected chi connectivity index (χ1v) is 10.2. The summed E-state index contributed by atoms with van der Waals surface area (Å²) in [6.07, 6.45) is 1.37. The van der Waals surface area contributed by atoms with Gasteiger partial charge < -0.3 is 0 Å². The summed E-state index contributed by atoms with van der Waals surface area (Å²) in [7, 11) is -3.60. The summed E-state index contributed by atoms with van der Waals surface area (Å²) in [6.45, 7) is -0.0816. The van der Waals surface area contributed by atoms with E-state index in [0.717, 1.165) is 6.26 Å². The van der Waals surface area contributed by atoms with Crippen molar-refractivity contribution in [2.45, 2.75) is 12.3 Å². The minimum absolute atomic E-state index is 0.0816. The molecular weight excluding hydrogens is 414 g/mol. The third kappa shape index (κ3) is 5.51. The molecule has 0 aliphatic rings. The van der Waals surface area contributed by atoms with Gasteiger partial charge in [0.2, 0.25) is 0 Å². The Kier molecular flexibility index (Phi) is 6.82. The average molecular weight is 428 g/mol. The van der Waals surface area contributed by atoms with Crippen LogP contribution in [0.2, 0.25) is 20.1 Å². The molecule has 0 fully saturated rings. The number of hydrogen-bond acceptors (Lipinski definition) is 3. The Hall–Kier alpha value is -0.490. The molecule has 2 rings (SSSR count). The van der Waals surface area contributed by atoms with Gasteiger partial charge in [-0.3, -0.25) is 4.18 Å². The smallest absolute Gasteiger partial charge is 0.264 e. The molecule has 130 valence electrons. The first-order valence-electron chi connectivity index (χ1n) is 6.89. The number of benzene rings is 2. The van der Waals surface area contributed by atoms with E-state index in [1.807, 2.05) is 0 Å². The van der Waals surface area contributed by atoms with Gasteiger partial charge in [0, 0.05) is 26.0 Å². The zero-order valence-corrected chi connectivity index (χ0v) is 16.4. The zero-order chi connectivity index (χ0) is 17.9. The summed E-state index contributed by atoms with van der Waals surface area (Å²) in [5.41, 5.74) is 1.41. The lowest BCUT2D eigenvalue weighted by molar-refractivity contribution is 0.293. The molecule has 1 unspecified atom stereocenters. The summed E-state index contributed by atoms with van der Waals surface area (Å²) in [5.74, 6) is -0.359. The molecule has 8 heteroatoms. The number of halogens is 4. The summed E-state index contributed by atoms with van der Waals surface area (Å²) >= 11 is 24.6. The molecule has 0 saturated carbocycles. The van der Waals surface area contributed by atoms with Gasteiger partial charge in [0.15, 0.2) is 0 Å². The Morgan fingerprint density at radius 1 is 1.00 bits per heavy atom. The third-order valence-corrected chi connectivity index (χ3v) is 5.23. The van der Waals surface area contributed by atoms with Crippen LogP contribution in [0.25, 0.3) is 0 Å². The second kappa shape index (κ2) is 8.26. The Morgan fingerprint density at radius 3 is 2.17 bits per heavy atom. The fraction of sp³-hybridized carbons (Fsp3) is 0.250. The predicted octanol–water partition coefficient (Wildman–Crippen LogP) is 5.60. The zero-order valence-electron chi connectivity index (χ0n) is 12.6. The van der Waals surface area contributed by atoms with Crippen LogP contribution in [0.15, 0.2) is 36.4 Å². The SMILES string of the molecule is CS(=O)(=O)OCC(Cc1c(Cl)cccc1Cl)c1ccc(Cl)cc1Cl. The van der Waals surface area contributed by atoms with Gasteiger partial charge in [-0.1, -0.05) is 58.5 Å². The lowest BCUT2D eigenvalue weighted by atomic mass is 9.92. The van der Waals surface area contributed by atoms with Crippen LogP contribution in [0.3, 0.4) is 0 Å². The van der Waals surface area contributed by atoms with Crippen molar-refractivity contribution in [3.8, 4) is 0 Å². The molecular formula is C16H14Cl4O3S. The van der Waals surface area contributed by atoms with Crippen molar-refractivity contribution in [1.82, 2.24) is 0 Å². The van der Waals surface area contributed by atoms with Crippen molar-refractivity contribution in [3.63, 3.8) is 0 Å². The molecule has 0 aliphatic carbocycles. The first kappa shape index (κ1) is 19.8. The van der Waals surface area contributed by atoms with E-state index in [2.05, 4.69) is 0 Å². The molecule has 0 heterocycles. The van der Waals surface area contributed by atoms with Gasteiger partial charge in [-0.2, -0.15) is 8.42 Å². The summed E-state index contributed by atoms with van der Waals surface area (Å²) in [5, 5.41) is 1.91. The summed E-state index contributed by atoms with van der Waals surface area (Å²) in [6, 6.07) is 10.2. The molecule has 0 radical (unpaired) electrons. The molecule has 2 aromatic rings. The lowest BCUT2D eigenvalue weighted by Gasteiger charge is -2.20. The van der Waals surface area contributed by atoms with E-state index in [-0.39, 0.29) is 12.5 Å². The van der Waals surface area contributed by atoms with Crippen molar-refractivity contribution in [3.05, 3.63) is 67.6 Å². The van der Waals surface area contributed by atoms with Gasteiger partial charge in [0.25, 0.3) is 10.1 Å². The fourth-order valence-corrected chi connectivity index (χ4v) is 3.80. The topological polar surface area (TPSA) is 43.4 Å². The second-order valence-corrected chi connectivity index (χ2v) is 8.56. The lowest BCUT2D eigenvalue weighted by Crippen LogP contribution is -2.15. The van der Waals surface area contributed by atoms with E-state index in [0.29, 0.717) is 37.6 Å². The van der Waals surface area contributed by atoms with Gasteiger partial charge in [0.05, 0.1) is 12.9 Å². The van der Waals surface area contributed by atoms with Crippen LogP contribution in [0.1, 0.15) is 17.0 Å². The normalized spacial score (nSPS) is 13.0. The average Bonchev–Trinajstić information content (AvgIpc) is 2.46. The first-order chi connectivity index (χ1) is 11.2. The molecule has 0 spiro atoms. The highest BCUT2D eigenvalue weighted by Gasteiger charge is 2.21. The van der Waals surface area contributed by atoms with Gasteiger partial charge in [-0.15, -0.1) is 0 Å². The number of rotatable bonds is 6. The van der Waals surface area contributed by atoms with Crippen LogP contribution in [0.5, 0.6) is 0 Å². The highest BCUT2D eigenvalue weighted by molar-refractivity contribution is 7.85. The standard InChI is InChI=1S/C16H14Cl4O3S/c1-24(21,22)23-9-10(12-6-5-11(17)8-16(12)20)7-13-14(18)3-2-4-15(13)19/h2-6,8,10H,7,9H2,1H3. The Morgan fingerprint density at radius 2 is 1.62 bits per heavy atom. The quantitative estimate of drug-likeness (QED) is 0.563. The molecule has 0 N–H and O–H groups in total. The Balaban J connectivity index is 2.39. The number of hydrogen-bond donors (Lipinski definition) is 0. The summed E-state index contributed by atoms with van der Waals surface area (Å²) in [4.78, 5) is 0. The molecule has 0 aliphatic heterocycles. The van der Waals surface area contributed by atoms with E-state index >= 15 is 0 Å². The van der Waals surface area contributed by atoms with E-state index in [9.17, 15) is 8.42 Å². The van der Waals surface area contributed by atoms with Crippen LogP contribution < -0.4 is 0 Å². The van der Waals surface area contributed by atoms with E-state index in [1.54, 1.807) is 36.4 Å². The van der Waals surface area contributed by atoms with Crippen molar-refractivity contribution < 1.29 is 12.6 Å². The minimum Gasteiger partial charge on any atom is -0.270 e. The molecule has 3 nitrogen and oxygen atoms in total. The van der Waals surface area contributed by atoms with Gasteiger partial charge in [-0.05, 0) is 41.8 Å².